The molecule has 3 rings (SSSR count). The first-order chi connectivity index (χ1) is 15.3. The zero-order valence-electron chi connectivity index (χ0n) is 19.6. The number of unbranched alkanes of at least 4 members (excludes halogenated alkanes) is 2. The molecule has 0 aliphatic carbocycles. The van der Waals surface area contributed by atoms with Crippen molar-refractivity contribution in [3.8, 4) is 5.75 Å². The molecule has 0 saturated heterocycles. The second-order valence-electron chi connectivity index (χ2n) is 9.24. The molecule has 2 aromatic carbocycles. The molecule has 0 atom stereocenters. The third-order valence-corrected chi connectivity index (χ3v) is 5.91. The molecule has 6 heteroatoms. The lowest BCUT2D eigenvalue weighted by atomic mass is 9.96. The molecule has 32 heavy (non-hydrogen) atoms. The van der Waals surface area contributed by atoms with Gasteiger partial charge in [-0.2, -0.15) is 0 Å². The lowest BCUT2D eigenvalue weighted by Crippen LogP contribution is -2.35. The van der Waals surface area contributed by atoms with Crippen molar-refractivity contribution in [2.45, 2.75) is 59.9 Å². The van der Waals surface area contributed by atoms with Crippen LogP contribution in [0, 0.1) is 12.3 Å². The predicted octanol–water partition coefficient (Wildman–Crippen LogP) is 5.95. The van der Waals surface area contributed by atoms with Crippen LogP contribution in [0.2, 0.25) is 5.02 Å². The first-order valence-electron chi connectivity index (χ1n) is 11.4. The number of carbonyl (C=O) groups is 1. The number of nitrogens with zero attached hydrogens (tertiary/aromatic N) is 2. The minimum absolute atomic E-state index is 0.107. The van der Waals surface area contributed by atoms with Crippen molar-refractivity contribution >= 4 is 28.5 Å². The topological polar surface area (TPSA) is 56.1 Å². The van der Waals surface area contributed by atoms with E-state index < -0.39 is 0 Å². The Morgan fingerprint density at radius 1 is 1.12 bits per heavy atom. The van der Waals surface area contributed by atoms with Gasteiger partial charge < -0.3 is 14.6 Å². The van der Waals surface area contributed by atoms with E-state index in [1.807, 2.05) is 58.0 Å². The van der Waals surface area contributed by atoms with Crippen molar-refractivity contribution in [3.05, 3.63) is 58.9 Å². The second-order valence-corrected chi connectivity index (χ2v) is 9.65. The van der Waals surface area contributed by atoms with E-state index in [9.17, 15) is 4.79 Å². The normalized spacial score (nSPS) is 11.7. The number of fused-ring (bicyclic) bond motifs is 1. The van der Waals surface area contributed by atoms with Gasteiger partial charge in [-0.3, -0.25) is 4.79 Å². The van der Waals surface area contributed by atoms with Crippen LogP contribution in [0.1, 0.15) is 51.4 Å². The Morgan fingerprint density at radius 2 is 1.91 bits per heavy atom. The van der Waals surface area contributed by atoms with Gasteiger partial charge in [0.2, 0.25) is 5.91 Å². The van der Waals surface area contributed by atoms with Gasteiger partial charge in [0.25, 0.3) is 0 Å². The van der Waals surface area contributed by atoms with Crippen molar-refractivity contribution in [1.29, 1.82) is 0 Å². The summed E-state index contributed by atoms with van der Waals surface area (Å²) >= 11 is 6.11. The maximum atomic E-state index is 12.0. The number of rotatable bonds is 10. The van der Waals surface area contributed by atoms with Gasteiger partial charge in [-0.05, 0) is 55.7 Å². The highest BCUT2D eigenvalue weighted by molar-refractivity contribution is 6.31. The number of imidazole rings is 1. The molecular weight excluding hydrogens is 422 g/mol. The Kier molecular flexibility index (Phi) is 8.19. The van der Waals surface area contributed by atoms with Crippen molar-refractivity contribution in [1.82, 2.24) is 14.9 Å². The summed E-state index contributed by atoms with van der Waals surface area (Å²) in [6.07, 6.45) is 3.96. The molecule has 0 unspecified atom stereocenters. The summed E-state index contributed by atoms with van der Waals surface area (Å²) in [5.41, 5.74) is 2.83. The van der Waals surface area contributed by atoms with Gasteiger partial charge >= 0.3 is 0 Å². The van der Waals surface area contributed by atoms with E-state index in [0.717, 1.165) is 72.0 Å². The number of aryl methyl sites for hydroxylation is 2. The Labute approximate surface area is 196 Å². The number of carbonyl (C=O) groups excluding carboxylic acids is 1. The van der Waals surface area contributed by atoms with E-state index in [2.05, 4.69) is 22.0 Å². The van der Waals surface area contributed by atoms with Crippen LogP contribution in [0.4, 0.5) is 0 Å². The molecule has 0 aliphatic heterocycles. The Balaban J connectivity index is 1.54. The zero-order valence-corrected chi connectivity index (χ0v) is 20.3. The number of ether oxygens (including phenoxy) is 1. The van der Waals surface area contributed by atoms with Crippen LogP contribution in [-0.4, -0.2) is 28.6 Å². The van der Waals surface area contributed by atoms with E-state index in [1.54, 1.807) is 0 Å². The van der Waals surface area contributed by atoms with Gasteiger partial charge in [-0.15, -0.1) is 0 Å². The molecule has 1 N–H and O–H groups in total. The van der Waals surface area contributed by atoms with Crippen molar-refractivity contribution in [2.75, 3.05) is 13.2 Å². The number of aromatic nitrogens is 2. The van der Waals surface area contributed by atoms with Gasteiger partial charge in [-0.25, -0.2) is 4.98 Å². The molecule has 1 heterocycles. The molecule has 0 radical (unpaired) electrons. The fourth-order valence-corrected chi connectivity index (χ4v) is 3.70. The number of hydrogen-bond donors (Lipinski definition) is 1. The van der Waals surface area contributed by atoms with Crippen molar-refractivity contribution in [3.63, 3.8) is 0 Å². The summed E-state index contributed by atoms with van der Waals surface area (Å²) in [6, 6.07) is 14.0. The third-order valence-electron chi connectivity index (χ3n) is 5.49. The molecule has 5 nitrogen and oxygen atoms in total. The monoisotopic (exact) mass is 455 g/mol. The van der Waals surface area contributed by atoms with E-state index in [-0.39, 0.29) is 11.3 Å². The summed E-state index contributed by atoms with van der Waals surface area (Å²) < 4.78 is 8.24. The predicted molar refractivity (Wildman–Crippen MR) is 131 cm³/mol. The second kappa shape index (κ2) is 10.9. The SMILES string of the molecule is Cc1cc(OCCn2c(CCCCCNC(=O)C(C)(C)C)nc3ccccc32)ccc1Cl. The highest BCUT2D eigenvalue weighted by Crippen LogP contribution is 2.22. The molecule has 0 aliphatic rings. The highest BCUT2D eigenvalue weighted by Gasteiger charge is 2.20. The molecule has 0 spiro atoms. The fourth-order valence-electron chi connectivity index (χ4n) is 3.58. The average Bonchev–Trinajstić information content (AvgIpc) is 3.10. The largest absolute Gasteiger partial charge is 0.492 e. The quantitative estimate of drug-likeness (QED) is 0.384. The number of amides is 1. The number of halogens is 1. The van der Waals surface area contributed by atoms with Gasteiger partial charge in [0.05, 0.1) is 17.6 Å². The highest BCUT2D eigenvalue weighted by atomic mass is 35.5. The first-order valence-corrected chi connectivity index (χ1v) is 11.7. The molecule has 0 bridgehead atoms. The summed E-state index contributed by atoms with van der Waals surface area (Å²) in [5, 5.41) is 3.77. The van der Waals surface area contributed by atoms with Crippen LogP contribution in [0.15, 0.2) is 42.5 Å². The third kappa shape index (κ3) is 6.49. The van der Waals surface area contributed by atoms with E-state index in [1.165, 1.54) is 0 Å². The molecular formula is C26H34ClN3O2. The van der Waals surface area contributed by atoms with Gasteiger partial charge in [0, 0.05) is 23.4 Å². The van der Waals surface area contributed by atoms with E-state index in [4.69, 9.17) is 21.3 Å². The Bertz CT molecular complexity index is 1050. The van der Waals surface area contributed by atoms with Gasteiger partial charge in [0.15, 0.2) is 0 Å². The van der Waals surface area contributed by atoms with Crippen LogP contribution in [0.5, 0.6) is 5.75 Å². The smallest absolute Gasteiger partial charge is 0.225 e. The number of para-hydroxylation sites is 2. The van der Waals surface area contributed by atoms with Crippen molar-refractivity contribution in [2.24, 2.45) is 5.41 Å². The van der Waals surface area contributed by atoms with Gasteiger partial charge in [-0.1, -0.05) is 50.9 Å². The summed E-state index contributed by atoms with van der Waals surface area (Å²) in [4.78, 5) is 16.8. The maximum Gasteiger partial charge on any atom is 0.225 e. The number of hydrogen-bond acceptors (Lipinski definition) is 3. The lowest BCUT2D eigenvalue weighted by molar-refractivity contribution is -0.128. The van der Waals surface area contributed by atoms with Crippen LogP contribution in [0.25, 0.3) is 11.0 Å². The molecule has 3 aromatic rings. The average molecular weight is 456 g/mol. The zero-order chi connectivity index (χ0) is 23.1. The van der Waals surface area contributed by atoms with E-state index in [0.29, 0.717) is 6.61 Å². The minimum Gasteiger partial charge on any atom is -0.492 e. The van der Waals surface area contributed by atoms with Crippen LogP contribution in [0.3, 0.4) is 0 Å². The van der Waals surface area contributed by atoms with Crippen LogP contribution in [-0.2, 0) is 17.8 Å². The summed E-state index contributed by atoms with van der Waals surface area (Å²) in [6.45, 7) is 9.80. The maximum absolute atomic E-state index is 12.0. The molecule has 0 saturated carbocycles. The van der Waals surface area contributed by atoms with Crippen LogP contribution < -0.4 is 10.1 Å². The van der Waals surface area contributed by atoms with Gasteiger partial charge in [0.1, 0.15) is 18.2 Å². The Hall–Kier alpha value is -2.53. The Morgan fingerprint density at radius 3 is 2.66 bits per heavy atom. The summed E-state index contributed by atoms with van der Waals surface area (Å²) in [5.74, 6) is 2.02. The molecule has 172 valence electrons. The molecule has 1 amide bonds. The van der Waals surface area contributed by atoms with Crippen molar-refractivity contribution < 1.29 is 9.53 Å². The standard InChI is InChI=1S/C26H34ClN3O2/c1-19-18-20(13-14-21(19)27)32-17-16-30-23-11-8-7-10-22(23)29-24(30)12-6-5-9-15-28-25(31)26(2,3)4/h7-8,10-11,13-14,18H,5-6,9,12,15-17H2,1-4H3,(H,28,31). The lowest BCUT2D eigenvalue weighted by Gasteiger charge is -2.17. The molecule has 1 aromatic heterocycles. The molecule has 0 fully saturated rings. The fraction of sp³-hybridized carbons (Fsp3) is 0.462. The number of nitrogens with one attached hydrogen (secondary N) is 1. The van der Waals surface area contributed by atoms with E-state index >= 15 is 0 Å². The summed E-state index contributed by atoms with van der Waals surface area (Å²) in [7, 11) is 0. The van der Waals surface area contributed by atoms with Crippen LogP contribution >= 0.6 is 11.6 Å². The first kappa shape index (κ1) is 24.1. The minimum atomic E-state index is -0.336. The number of benzene rings is 2.